The molecule has 0 aromatic carbocycles. The van der Waals surface area contributed by atoms with Gasteiger partial charge in [0.2, 0.25) is 0 Å². The lowest BCUT2D eigenvalue weighted by atomic mass is 10.9. The molecule has 1 atom stereocenters. The van der Waals surface area contributed by atoms with Gasteiger partial charge in [0.15, 0.2) is 0 Å². The second-order valence-corrected chi connectivity index (χ2v) is 1.81. The second kappa shape index (κ2) is 0.626. The van der Waals surface area contributed by atoms with E-state index in [1.165, 1.54) is 12.0 Å². The Labute approximate surface area is 29.5 Å². The molecule has 24 valence electrons. The van der Waals surface area contributed by atoms with Crippen molar-refractivity contribution in [2.75, 3.05) is 0 Å². The SMILES string of the molecule is CC1OS1. The second-order valence-electron chi connectivity index (χ2n) is 0.760. The zero-order valence-electron chi connectivity index (χ0n) is 2.39. The minimum Gasteiger partial charge on any atom is -0.297 e. The maximum Gasteiger partial charge on any atom is 0.140 e. The monoisotopic (exact) mass is 76.0 g/mol. The Bertz CT molecular complexity index is 25.2. The highest BCUT2D eigenvalue weighted by Gasteiger charge is 2.16. The fourth-order valence-corrected chi connectivity index (χ4v) is 0.167. The lowest BCUT2D eigenvalue weighted by Gasteiger charge is -1.45. The van der Waals surface area contributed by atoms with Gasteiger partial charge in [0, 0.05) is 12.0 Å². The molecule has 1 unspecified atom stereocenters. The van der Waals surface area contributed by atoms with E-state index in [4.69, 9.17) is 0 Å². The summed E-state index contributed by atoms with van der Waals surface area (Å²) >= 11 is 1.52. The first-order valence-corrected chi connectivity index (χ1v) is 2.02. The van der Waals surface area contributed by atoms with E-state index in [1.807, 2.05) is 6.92 Å². The standard InChI is InChI=1S/C2H4OS/c1-2-3-4-2/h2H,1H3. The van der Waals surface area contributed by atoms with E-state index < -0.39 is 0 Å². The van der Waals surface area contributed by atoms with Crippen molar-refractivity contribution >= 4 is 12.0 Å². The molecule has 0 bridgehead atoms. The van der Waals surface area contributed by atoms with Crippen molar-refractivity contribution < 1.29 is 4.18 Å². The van der Waals surface area contributed by atoms with Crippen LogP contribution in [0.2, 0.25) is 0 Å². The zero-order chi connectivity index (χ0) is 2.99. The van der Waals surface area contributed by atoms with Gasteiger partial charge in [0.1, 0.15) is 5.44 Å². The Kier molecular flexibility index (Phi) is 0.398. The van der Waals surface area contributed by atoms with Crippen LogP contribution in [0.25, 0.3) is 0 Å². The maximum absolute atomic E-state index is 4.62. The van der Waals surface area contributed by atoms with Gasteiger partial charge in [-0.1, -0.05) is 0 Å². The molecule has 1 saturated heterocycles. The molecule has 0 amide bonds. The summed E-state index contributed by atoms with van der Waals surface area (Å²) in [7, 11) is 0. The van der Waals surface area contributed by atoms with Gasteiger partial charge in [-0.25, -0.2) is 0 Å². The van der Waals surface area contributed by atoms with E-state index in [0.717, 1.165) is 0 Å². The average molecular weight is 76.1 g/mol. The Hall–Kier alpha value is 0.310. The molecule has 1 rings (SSSR count). The van der Waals surface area contributed by atoms with Gasteiger partial charge in [-0.15, -0.1) is 0 Å². The van der Waals surface area contributed by atoms with Crippen LogP contribution in [0.15, 0.2) is 0 Å². The summed E-state index contributed by atoms with van der Waals surface area (Å²) in [6, 6.07) is 0. The molecule has 0 aliphatic carbocycles. The van der Waals surface area contributed by atoms with E-state index in [-0.39, 0.29) is 0 Å². The molecule has 1 nitrogen and oxygen atoms in total. The molecule has 0 spiro atoms. The molecule has 1 heterocycles. The van der Waals surface area contributed by atoms with Gasteiger partial charge in [-0.2, -0.15) is 0 Å². The number of rotatable bonds is 0. The third-order valence-corrected chi connectivity index (χ3v) is 0.866. The smallest absolute Gasteiger partial charge is 0.140 e. The van der Waals surface area contributed by atoms with Crippen LogP contribution < -0.4 is 0 Å². The molecular formula is C2H4OS. The first-order chi connectivity index (χ1) is 1.89. The minimum absolute atomic E-state index is 0.500. The van der Waals surface area contributed by atoms with Crippen LogP contribution in [0.4, 0.5) is 0 Å². The largest absolute Gasteiger partial charge is 0.297 e. The molecule has 4 heavy (non-hydrogen) atoms. The quantitative estimate of drug-likeness (QED) is 0.315. The van der Waals surface area contributed by atoms with E-state index in [0.29, 0.717) is 5.44 Å². The maximum atomic E-state index is 4.62. The number of hydrogen-bond acceptors (Lipinski definition) is 2. The van der Waals surface area contributed by atoms with Crippen LogP contribution in [0.3, 0.4) is 0 Å². The van der Waals surface area contributed by atoms with Crippen LogP contribution in [-0.2, 0) is 4.18 Å². The molecule has 1 fully saturated rings. The van der Waals surface area contributed by atoms with Gasteiger partial charge >= 0.3 is 0 Å². The lowest BCUT2D eigenvalue weighted by Crippen LogP contribution is -1.54. The molecule has 1 aliphatic heterocycles. The van der Waals surface area contributed by atoms with Crippen LogP contribution in [0.1, 0.15) is 6.92 Å². The Morgan fingerprint density at radius 1 is 2.00 bits per heavy atom. The van der Waals surface area contributed by atoms with E-state index in [1.54, 1.807) is 0 Å². The summed E-state index contributed by atoms with van der Waals surface area (Å²) in [5.74, 6) is 0. The van der Waals surface area contributed by atoms with Gasteiger partial charge in [0.05, 0.1) is 0 Å². The van der Waals surface area contributed by atoms with Crippen molar-refractivity contribution in [3.05, 3.63) is 0 Å². The molecular weight excluding hydrogens is 72.1 g/mol. The predicted octanol–water partition coefficient (Wildman–Crippen LogP) is 1.01. The van der Waals surface area contributed by atoms with Crippen molar-refractivity contribution in [2.24, 2.45) is 0 Å². The van der Waals surface area contributed by atoms with Crippen molar-refractivity contribution in [3.63, 3.8) is 0 Å². The predicted molar refractivity (Wildman–Crippen MR) is 18.1 cm³/mol. The van der Waals surface area contributed by atoms with Crippen LogP contribution >= 0.6 is 12.0 Å². The fraction of sp³-hybridized carbons (Fsp3) is 1.00. The molecule has 0 radical (unpaired) electrons. The summed E-state index contributed by atoms with van der Waals surface area (Å²) in [5.41, 5.74) is 0.500. The average Bonchev–Trinajstić information content (AvgIpc) is 1.75. The molecule has 0 aromatic heterocycles. The van der Waals surface area contributed by atoms with E-state index in [2.05, 4.69) is 4.18 Å². The first-order valence-electron chi connectivity index (χ1n) is 1.22. The van der Waals surface area contributed by atoms with Crippen molar-refractivity contribution in [1.29, 1.82) is 0 Å². The molecule has 0 saturated carbocycles. The highest BCUT2D eigenvalue weighted by atomic mass is 32.2. The Morgan fingerprint density at radius 3 is 2.25 bits per heavy atom. The fourth-order valence-electron chi connectivity index (χ4n) is 0.0556. The summed E-state index contributed by atoms with van der Waals surface area (Å²) in [6.45, 7) is 2.02. The molecule has 0 aromatic rings. The van der Waals surface area contributed by atoms with Crippen molar-refractivity contribution in [3.8, 4) is 0 Å². The summed E-state index contributed by atoms with van der Waals surface area (Å²) < 4.78 is 4.62. The summed E-state index contributed by atoms with van der Waals surface area (Å²) in [4.78, 5) is 0. The van der Waals surface area contributed by atoms with Gasteiger partial charge in [-0.05, 0) is 6.92 Å². The van der Waals surface area contributed by atoms with E-state index in [9.17, 15) is 0 Å². The van der Waals surface area contributed by atoms with Crippen molar-refractivity contribution in [1.82, 2.24) is 0 Å². The van der Waals surface area contributed by atoms with Crippen LogP contribution in [-0.4, -0.2) is 5.44 Å². The first kappa shape index (κ1) is 2.54. The third kappa shape index (κ3) is 0.362. The van der Waals surface area contributed by atoms with E-state index >= 15 is 0 Å². The normalized spacial score (nSPS) is 39.8. The summed E-state index contributed by atoms with van der Waals surface area (Å²) in [5, 5.41) is 0. The third-order valence-electron chi connectivity index (χ3n) is 0.289. The van der Waals surface area contributed by atoms with Gasteiger partial charge in [-0.3, -0.25) is 4.18 Å². The lowest BCUT2D eigenvalue weighted by molar-refractivity contribution is 0.486. The zero-order valence-corrected chi connectivity index (χ0v) is 3.21. The number of hydrogen-bond donors (Lipinski definition) is 0. The minimum atomic E-state index is 0.500. The topological polar surface area (TPSA) is 12.5 Å². The van der Waals surface area contributed by atoms with Crippen LogP contribution in [0.5, 0.6) is 0 Å². The van der Waals surface area contributed by atoms with Gasteiger partial charge in [0.25, 0.3) is 0 Å². The van der Waals surface area contributed by atoms with Crippen LogP contribution in [0, 0.1) is 0 Å². The van der Waals surface area contributed by atoms with Crippen molar-refractivity contribution in [2.45, 2.75) is 12.4 Å². The molecule has 0 N–H and O–H groups in total. The Balaban J connectivity index is 2.17. The highest BCUT2D eigenvalue weighted by Crippen LogP contribution is 2.31. The molecule has 1 aliphatic rings. The highest BCUT2D eigenvalue weighted by molar-refractivity contribution is 8.00. The summed E-state index contributed by atoms with van der Waals surface area (Å²) in [6.07, 6.45) is 0. The van der Waals surface area contributed by atoms with Gasteiger partial charge < -0.3 is 0 Å². The Morgan fingerprint density at radius 2 is 2.25 bits per heavy atom. The molecule has 2 heteroatoms.